The van der Waals surface area contributed by atoms with Gasteiger partial charge in [-0.25, -0.2) is 0 Å². The van der Waals surface area contributed by atoms with Gasteiger partial charge < -0.3 is 18.9 Å². The first-order valence-electron chi connectivity index (χ1n) is 10.3. The third kappa shape index (κ3) is 2.24. The Labute approximate surface area is 152 Å². The minimum Gasteiger partial charge on any atom is -0.465 e. The van der Waals surface area contributed by atoms with Crippen LogP contribution >= 0.6 is 0 Å². The molecule has 2 heterocycles. The number of esters is 2. The maximum atomic E-state index is 12.2. The monoisotopic (exact) mass is 362 g/mol. The first-order chi connectivity index (χ1) is 12.6. The standard InChI is InChI=1S/C20H26O6/c21-17(13-9-19-7-11(13)5-15(19)25-19)23-3-1-2-4-24-18(22)14-10-20-8-12(14)6-16(20)26-20/h11-16H,1-10H2. The lowest BCUT2D eigenvalue weighted by Gasteiger charge is -2.18. The van der Waals surface area contributed by atoms with Crippen molar-refractivity contribution in [3.8, 4) is 0 Å². The number of fused-ring (bicyclic) bond motifs is 2. The van der Waals surface area contributed by atoms with E-state index in [1.165, 1.54) is 0 Å². The van der Waals surface area contributed by atoms with E-state index in [-0.39, 0.29) is 35.0 Å². The number of epoxide rings is 2. The second kappa shape index (κ2) is 5.22. The summed E-state index contributed by atoms with van der Waals surface area (Å²) in [6.45, 7) is 0.836. The van der Waals surface area contributed by atoms with E-state index in [4.69, 9.17) is 18.9 Å². The number of carbonyl (C=O) groups excluding carboxylic acids is 2. The van der Waals surface area contributed by atoms with Gasteiger partial charge in [-0.2, -0.15) is 0 Å². The van der Waals surface area contributed by atoms with Crippen LogP contribution in [0, 0.1) is 23.7 Å². The maximum Gasteiger partial charge on any atom is 0.309 e. The van der Waals surface area contributed by atoms with Crippen molar-refractivity contribution in [3.05, 3.63) is 0 Å². The molecule has 0 N–H and O–H groups in total. The van der Waals surface area contributed by atoms with E-state index >= 15 is 0 Å². The van der Waals surface area contributed by atoms with Gasteiger partial charge in [0.05, 0.1) is 48.5 Å². The number of hydrogen-bond acceptors (Lipinski definition) is 6. The Morgan fingerprint density at radius 2 is 1.23 bits per heavy atom. The normalized spacial score (nSPS) is 51.1. The Bertz CT molecular complexity index is 607. The molecule has 6 fully saturated rings. The summed E-state index contributed by atoms with van der Waals surface area (Å²) in [7, 11) is 0. The Hall–Kier alpha value is -1.14. The summed E-state index contributed by atoms with van der Waals surface area (Å²) in [6.07, 6.45) is 8.20. The van der Waals surface area contributed by atoms with Gasteiger partial charge in [-0.05, 0) is 63.2 Å². The van der Waals surface area contributed by atoms with Gasteiger partial charge in [0.1, 0.15) is 0 Å². The summed E-state index contributed by atoms with van der Waals surface area (Å²) >= 11 is 0. The minimum absolute atomic E-state index is 0.0391. The molecule has 0 aromatic carbocycles. The topological polar surface area (TPSA) is 77.7 Å². The largest absolute Gasteiger partial charge is 0.465 e. The van der Waals surface area contributed by atoms with Crippen LogP contribution in [0.25, 0.3) is 0 Å². The summed E-state index contributed by atoms with van der Waals surface area (Å²) in [5, 5.41) is 0. The molecule has 0 aromatic heterocycles. The zero-order valence-electron chi connectivity index (χ0n) is 15.0. The smallest absolute Gasteiger partial charge is 0.309 e. The zero-order valence-corrected chi connectivity index (χ0v) is 15.0. The van der Waals surface area contributed by atoms with Crippen LogP contribution in [0.4, 0.5) is 0 Å². The third-order valence-corrected chi connectivity index (χ3v) is 7.96. The van der Waals surface area contributed by atoms with Crippen molar-refractivity contribution in [3.63, 3.8) is 0 Å². The Kier molecular flexibility index (Phi) is 3.19. The molecule has 0 amide bonds. The van der Waals surface area contributed by atoms with E-state index in [2.05, 4.69) is 0 Å². The summed E-state index contributed by atoms with van der Waals surface area (Å²) in [5.41, 5.74) is 0.0979. The molecule has 8 atom stereocenters. The van der Waals surface area contributed by atoms with Crippen LogP contribution in [0.1, 0.15) is 51.4 Å². The van der Waals surface area contributed by atoms with Crippen LogP contribution in [0.2, 0.25) is 0 Å². The fourth-order valence-electron chi connectivity index (χ4n) is 6.52. The fraction of sp³-hybridized carbons (Fsp3) is 0.900. The highest BCUT2D eigenvalue weighted by Gasteiger charge is 2.71. The van der Waals surface area contributed by atoms with Gasteiger partial charge in [-0.1, -0.05) is 0 Å². The summed E-state index contributed by atoms with van der Waals surface area (Å²) in [6, 6.07) is 0. The highest BCUT2D eigenvalue weighted by Crippen LogP contribution is 2.65. The molecule has 2 aliphatic heterocycles. The van der Waals surface area contributed by atoms with Crippen molar-refractivity contribution in [2.24, 2.45) is 23.7 Å². The molecule has 6 heteroatoms. The molecule has 26 heavy (non-hydrogen) atoms. The van der Waals surface area contributed by atoms with E-state index in [1.54, 1.807) is 0 Å². The van der Waals surface area contributed by atoms with Gasteiger partial charge in [0, 0.05) is 0 Å². The zero-order chi connectivity index (χ0) is 17.5. The van der Waals surface area contributed by atoms with Gasteiger partial charge in [-0.15, -0.1) is 0 Å². The molecule has 2 saturated heterocycles. The van der Waals surface area contributed by atoms with Crippen LogP contribution in [0.5, 0.6) is 0 Å². The van der Waals surface area contributed by atoms with Crippen LogP contribution in [-0.2, 0) is 28.5 Å². The van der Waals surface area contributed by atoms with E-state index in [0.717, 1.165) is 51.4 Å². The Morgan fingerprint density at radius 1 is 0.769 bits per heavy atom. The van der Waals surface area contributed by atoms with Crippen molar-refractivity contribution in [1.29, 1.82) is 0 Å². The van der Waals surface area contributed by atoms with E-state index in [9.17, 15) is 9.59 Å². The SMILES string of the molecule is O=C(OCCCCOC(=O)C1CC23CC1CC2O3)C1CC23CC1CC2O3. The number of ether oxygens (including phenoxy) is 4. The van der Waals surface area contributed by atoms with Crippen molar-refractivity contribution < 1.29 is 28.5 Å². The summed E-state index contributed by atoms with van der Waals surface area (Å²) in [5.74, 6) is 0.905. The number of rotatable bonds is 7. The maximum absolute atomic E-state index is 12.2. The van der Waals surface area contributed by atoms with Gasteiger partial charge >= 0.3 is 11.9 Å². The lowest BCUT2D eigenvalue weighted by Crippen LogP contribution is -2.26. The second-order valence-corrected chi connectivity index (χ2v) is 9.41. The molecule has 6 nitrogen and oxygen atoms in total. The molecule has 0 aromatic rings. The molecule has 6 rings (SSSR count). The lowest BCUT2D eigenvalue weighted by atomic mass is 9.89. The van der Waals surface area contributed by atoms with Gasteiger partial charge in [-0.3, -0.25) is 9.59 Å². The predicted octanol–water partition coefficient (Wildman–Crippen LogP) is 1.99. The number of carbonyl (C=O) groups is 2. The highest BCUT2D eigenvalue weighted by atomic mass is 16.6. The molecule has 2 spiro atoms. The van der Waals surface area contributed by atoms with Crippen molar-refractivity contribution in [2.75, 3.05) is 13.2 Å². The first kappa shape index (κ1) is 15.9. The van der Waals surface area contributed by atoms with Gasteiger partial charge in [0.15, 0.2) is 0 Å². The van der Waals surface area contributed by atoms with Gasteiger partial charge in [0.2, 0.25) is 0 Å². The summed E-state index contributed by atoms with van der Waals surface area (Å²) < 4.78 is 22.3. The van der Waals surface area contributed by atoms with Crippen LogP contribution < -0.4 is 0 Å². The highest BCUT2D eigenvalue weighted by molar-refractivity contribution is 5.74. The van der Waals surface area contributed by atoms with Crippen molar-refractivity contribution in [1.82, 2.24) is 0 Å². The van der Waals surface area contributed by atoms with E-state index in [1.807, 2.05) is 0 Å². The van der Waals surface area contributed by atoms with E-state index in [0.29, 0.717) is 37.3 Å². The van der Waals surface area contributed by atoms with E-state index < -0.39 is 0 Å². The lowest BCUT2D eigenvalue weighted by molar-refractivity contribution is -0.152. The van der Waals surface area contributed by atoms with Crippen molar-refractivity contribution in [2.45, 2.75) is 74.8 Å². The minimum atomic E-state index is -0.0574. The Balaban J connectivity index is 0.873. The second-order valence-electron chi connectivity index (χ2n) is 9.41. The predicted molar refractivity (Wildman–Crippen MR) is 88.0 cm³/mol. The average Bonchev–Trinajstić information content (AvgIpc) is 3.24. The van der Waals surface area contributed by atoms with Crippen LogP contribution in [0.3, 0.4) is 0 Å². The molecule has 4 saturated carbocycles. The van der Waals surface area contributed by atoms with Gasteiger partial charge in [0.25, 0.3) is 0 Å². The molecule has 0 radical (unpaired) electrons. The molecule has 6 aliphatic rings. The van der Waals surface area contributed by atoms with Crippen LogP contribution in [-0.4, -0.2) is 48.6 Å². The quantitative estimate of drug-likeness (QED) is 0.392. The molecule has 8 unspecified atom stereocenters. The summed E-state index contributed by atoms with van der Waals surface area (Å²) in [4.78, 5) is 24.5. The Morgan fingerprint density at radius 3 is 1.58 bits per heavy atom. The fourth-order valence-corrected chi connectivity index (χ4v) is 6.52. The van der Waals surface area contributed by atoms with Crippen LogP contribution in [0.15, 0.2) is 0 Å². The van der Waals surface area contributed by atoms with Crippen molar-refractivity contribution >= 4 is 11.9 Å². The molecular formula is C20H26O6. The third-order valence-electron chi connectivity index (χ3n) is 7.96. The number of unbranched alkanes of at least 4 members (excludes halogenated alkanes) is 1. The molecule has 4 aliphatic carbocycles. The first-order valence-corrected chi connectivity index (χ1v) is 10.3. The molecule has 142 valence electrons. The molecular weight excluding hydrogens is 336 g/mol. The molecule has 4 bridgehead atoms. The average molecular weight is 362 g/mol. The number of hydrogen-bond donors (Lipinski definition) is 0.